The molecule has 8 heteroatoms. The number of amides is 2. The van der Waals surface area contributed by atoms with E-state index in [2.05, 4.69) is 4.98 Å². The molecule has 2 aliphatic heterocycles. The van der Waals surface area contributed by atoms with Crippen molar-refractivity contribution >= 4 is 28.4 Å². The highest BCUT2D eigenvalue weighted by Gasteiger charge is 2.37. The molecule has 0 aliphatic carbocycles. The van der Waals surface area contributed by atoms with Gasteiger partial charge in [-0.05, 0) is 42.5 Å². The van der Waals surface area contributed by atoms with Crippen LogP contribution in [0, 0.1) is 0 Å². The van der Waals surface area contributed by atoms with E-state index in [4.69, 9.17) is 13.9 Å². The molecule has 31 heavy (non-hydrogen) atoms. The van der Waals surface area contributed by atoms with Crippen LogP contribution < -0.4 is 20.0 Å². The van der Waals surface area contributed by atoms with Gasteiger partial charge in [-0.3, -0.25) is 9.59 Å². The van der Waals surface area contributed by atoms with E-state index in [0.717, 1.165) is 4.90 Å². The van der Waals surface area contributed by atoms with E-state index in [1.807, 2.05) is 0 Å². The molecule has 0 bridgehead atoms. The lowest BCUT2D eigenvalue weighted by atomic mass is 10.1. The Morgan fingerprint density at radius 1 is 0.806 bits per heavy atom. The van der Waals surface area contributed by atoms with Gasteiger partial charge in [-0.15, -0.1) is 0 Å². The number of nitrogens with zero attached hydrogens (tertiary/aromatic N) is 2. The van der Waals surface area contributed by atoms with Crippen molar-refractivity contribution in [3.8, 4) is 23.0 Å². The van der Waals surface area contributed by atoms with Crippen molar-refractivity contribution in [3.05, 3.63) is 82.2 Å². The lowest BCUT2D eigenvalue weighted by molar-refractivity contribution is 0.0926. The predicted molar refractivity (Wildman–Crippen MR) is 109 cm³/mol. The Kier molecular flexibility index (Phi) is 3.52. The maximum Gasteiger partial charge on any atom is 0.347 e. The minimum atomic E-state index is -0.523. The van der Waals surface area contributed by atoms with Crippen molar-refractivity contribution in [2.75, 3.05) is 11.7 Å². The van der Waals surface area contributed by atoms with Crippen LogP contribution in [0.25, 0.3) is 22.4 Å². The van der Waals surface area contributed by atoms with Gasteiger partial charge in [-0.1, -0.05) is 12.1 Å². The molecule has 1 aromatic heterocycles. The number of rotatable bonds is 2. The number of hydrogen-bond donors (Lipinski definition) is 0. The second kappa shape index (κ2) is 6.27. The summed E-state index contributed by atoms with van der Waals surface area (Å²) in [7, 11) is 0. The third-order valence-corrected chi connectivity index (χ3v) is 5.28. The summed E-state index contributed by atoms with van der Waals surface area (Å²) in [5, 5.41) is 0.368. The third-order valence-electron chi connectivity index (χ3n) is 5.28. The Morgan fingerprint density at radius 2 is 1.61 bits per heavy atom. The van der Waals surface area contributed by atoms with E-state index in [1.165, 1.54) is 12.1 Å². The van der Waals surface area contributed by atoms with Crippen molar-refractivity contribution in [2.45, 2.75) is 0 Å². The summed E-state index contributed by atoms with van der Waals surface area (Å²) < 4.78 is 16.0. The number of aromatic nitrogens is 1. The zero-order chi connectivity index (χ0) is 21.1. The van der Waals surface area contributed by atoms with Crippen LogP contribution in [-0.2, 0) is 0 Å². The van der Waals surface area contributed by atoms with E-state index >= 15 is 0 Å². The average molecular weight is 412 g/mol. The second-order valence-corrected chi connectivity index (χ2v) is 7.07. The summed E-state index contributed by atoms with van der Waals surface area (Å²) in [5.74, 6) is 0.174. The topological polar surface area (TPSA) is 98.9 Å². The van der Waals surface area contributed by atoms with Gasteiger partial charge in [0, 0.05) is 11.6 Å². The number of ether oxygens (including phenoxy) is 2. The number of anilines is 1. The number of benzene rings is 3. The molecule has 6 rings (SSSR count). The van der Waals surface area contributed by atoms with Crippen LogP contribution in [0.3, 0.4) is 0 Å². The fraction of sp³-hybridized carbons (Fsp3) is 0.0435. The summed E-state index contributed by atoms with van der Waals surface area (Å²) in [6.45, 7) is 0.0915. The van der Waals surface area contributed by atoms with E-state index in [-0.39, 0.29) is 23.8 Å². The number of para-hydroxylation sites is 1. The van der Waals surface area contributed by atoms with Gasteiger partial charge in [0.25, 0.3) is 11.8 Å². The fourth-order valence-corrected chi connectivity index (χ4v) is 3.77. The predicted octanol–water partition coefficient (Wildman–Crippen LogP) is 3.38. The lowest BCUT2D eigenvalue weighted by Crippen LogP contribution is -2.29. The molecule has 4 aromatic rings. The van der Waals surface area contributed by atoms with Gasteiger partial charge in [0.15, 0.2) is 11.5 Å². The molecular weight excluding hydrogens is 400 g/mol. The van der Waals surface area contributed by atoms with E-state index < -0.39 is 17.4 Å². The molecule has 8 nitrogen and oxygen atoms in total. The van der Waals surface area contributed by atoms with Gasteiger partial charge in [-0.2, -0.15) is 0 Å². The first-order chi connectivity index (χ1) is 15.1. The summed E-state index contributed by atoms with van der Waals surface area (Å²) in [4.78, 5) is 43.8. The molecule has 150 valence electrons. The van der Waals surface area contributed by atoms with Crippen LogP contribution in [0.4, 0.5) is 5.69 Å². The van der Waals surface area contributed by atoms with Gasteiger partial charge in [0.2, 0.25) is 12.7 Å². The normalized spacial score (nSPS) is 14.4. The van der Waals surface area contributed by atoms with Gasteiger partial charge < -0.3 is 13.9 Å². The van der Waals surface area contributed by atoms with Gasteiger partial charge in [-0.25, -0.2) is 14.7 Å². The highest BCUT2D eigenvalue weighted by Crippen LogP contribution is 2.38. The molecule has 0 atom stereocenters. The van der Waals surface area contributed by atoms with Gasteiger partial charge in [0.05, 0.1) is 27.7 Å². The Hall–Kier alpha value is -4.46. The summed E-state index contributed by atoms with van der Waals surface area (Å²) in [6, 6.07) is 16.4. The lowest BCUT2D eigenvalue weighted by Gasteiger charge is -2.14. The van der Waals surface area contributed by atoms with Crippen molar-refractivity contribution in [3.63, 3.8) is 0 Å². The van der Waals surface area contributed by atoms with E-state index in [0.29, 0.717) is 33.7 Å². The minimum Gasteiger partial charge on any atom is -0.454 e. The molecule has 0 N–H and O–H groups in total. The maximum absolute atomic E-state index is 13.1. The fourth-order valence-electron chi connectivity index (χ4n) is 3.77. The Balaban J connectivity index is 1.43. The molecule has 2 amide bonds. The third kappa shape index (κ3) is 2.55. The van der Waals surface area contributed by atoms with Gasteiger partial charge in [0.1, 0.15) is 0 Å². The molecule has 0 radical (unpaired) electrons. The molecule has 0 fully saturated rings. The van der Waals surface area contributed by atoms with Crippen LogP contribution in [0.2, 0.25) is 0 Å². The van der Waals surface area contributed by atoms with E-state index in [1.54, 1.807) is 48.5 Å². The van der Waals surface area contributed by atoms with Crippen LogP contribution in [0.1, 0.15) is 20.7 Å². The van der Waals surface area contributed by atoms with Crippen molar-refractivity contribution in [1.29, 1.82) is 0 Å². The number of fused-ring (bicyclic) bond motifs is 3. The molecule has 3 heterocycles. The number of hydrogen-bond acceptors (Lipinski definition) is 7. The molecular formula is C23H12N2O6. The van der Waals surface area contributed by atoms with Crippen molar-refractivity contribution < 1.29 is 23.5 Å². The number of carbonyl (C=O) groups is 2. The average Bonchev–Trinajstić information content (AvgIpc) is 3.35. The molecule has 0 saturated heterocycles. The van der Waals surface area contributed by atoms with Gasteiger partial charge >= 0.3 is 5.63 Å². The molecule has 0 spiro atoms. The first-order valence-electron chi connectivity index (χ1n) is 9.43. The molecule has 3 aromatic carbocycles. The quantitative estimate of drug-likeness (QED) is 0.466. The molecule has 0 unspecified atom stereocenters. The molecule has 2 aliphatic rings. The second-order valence-electron chi connectivity index (χ2n) is 7.07. The smallest absolute Gasteiger partial charge is 0.347 e. The monoisotopic (exact) mass is 412 g/mol. The SMILES string of the molecule is O=C1c2ccc(-c3nc4ccccc4c(=O)o3)cc2C(=O)N1c1ccc2c(c1)OCO2. The highest BCUT2D eigenvalue weighted by molar-refractivity contribution is 6.34. The zero-order valence-corrected chi connectivity index (χ0v) is 15.8. The van der Waals surface area contributed by atoms with Crippen LogP contribution in [0.15, 0.2) is 69.9 Å². The minimum absolute atomic E-state index is 0.0771. The standard InChI is InChI=1S/C23H12N2O6/c26-21-14-7-5-12(20-24-17-4-2-1-3-15(17)23(28)31-20)9-16(14)22(27)25(21)13-6-8-18-19(10-13)30-11-29-18/h1-10H,11H2. The number of carbonyl (C=O) groups excluding carboxylic acids is 2. The first kappa shape index (κ1) is 17.4. The summed E-state index contributed by atoms with van der Waals surface area (Å²) >= 11 is 0. The highest BCUT2D eigenvalue weighted by atomic mass is 16.7. The van der Waals surface area contributed by atoms with Crippen molar-refractivity contribution in [2.24, 2.45) is 0 Å². The van der Waals surface area contributed by atoms with Crippen LogP contribution in [0.5, 0.6) is 11.5 Å². The Morgan fingerprint density at radius 3 is 2.52 bits per heavy atom. The first-order valence-corrected chi connectivity index (χ1v) is 9.43. The van der Waals surface area contributed by atoms with E-state index in [9.17, 15) is 14.4 Å². The Labute approximate surface area is 174 Å². The van der Waals surface area contributed by atoms with Crippen molar-refractivity contribution in [1.82, 2.24) is 4.98 Å². The van der Waals surface area contributed by atoms with Crippen LogP contribution >= 0.6 is 0 Å². The van der Waals surface area contributed by atoms with Crippen LogP contribution in [-0.4, -0.2) is 23.6 Å². The molecule has 0 saturated carbocycles. The Bertz CT molecular complexity index is 1490. The summed E-state index contributed by atoms with van der Waals surface area (Å²) in [6.07, 6.45) is 0. The maximum atomic E-state index is 13.1. The number of imide groups is 1. The largest absolute Gasteiger partial charge is 0.454 e. The summed E-state index contributed by atoms with van der Waals surface area (Å²) in [5.41, 5.74) is 1.24. The zero-order valence-electron chi connectivity index (χ0n) is 15.8.